The van der Waals surface area contributed by atoms with Crippen molar-refractivity contribution in [3.8, 4) is 0 Å². The summed E-state index contributed by atoms with van der Waals surface area (Å²) < 4.78 is 17.9. The van der Waals surface area contributed by atoms with Gasteiger partial charge in [0.2, 0.25) is 0 Å². The van der Waals surface area contributed by atoms with Crippen LogP contribution >= 0.6 is 0 Å². The summed E-state index contributed by atoms with van der Waals surface area (Å²) in [4.78, 5) is 0. The molecule has 0 atom stereocenters. The first-order valence-electron chi connectivity index (χ1n) is 10.1. The molecule has 2 fully saturated rings. The van der Waals surface area contributed by atoms with E-state index in [4.69, 9.17) is 4.74 Å². The first-order valence-corrected chi connectivity index (χ1v) is 10.1. The SMILES string of the molecule is CCOC1CCC(CC)(C2CCC(CC/C=C/CF)CC2)CC1. The third-order valence-electron chi connectivity index (χ3n) is 6.75. The molecule has 0 aliphatic heterocycles. The predicted molar refractivity (Wildman–Crippen MR) is 96.4 cm³/mol. The normalized spacial score (nSPS) is 35.7. The molecule has 0 aromatic rings. The van der Waals surface area contributed by atoms with E-state index in [2.05, 4.69) is 13.8 Å². The molecule has 2 rings (SSSR count). The minimum absolute atomic E-state index is 0.311. The van der Waals surface area contributed by atoms with E-state index in [1.807, 2.05) is 6.08 Å². The van der Waals surface area contributed by atoms with Gasteiger partial charge >= 0.3 is 0 Å². The monoisotopic (exact) mass is 324 g/mol. The fraction of sp³-hybridized carbons (Fsp3) is 0.905. The molecule has 0 radical (unpaired) electrons. The van der Waals surface area contributed by atoms with Gasteiger partial charge in [-0.1, -0.05) is 38.3 Å². The van der Waals surface area contributed by atoms with Crippen LogP contribution in [-0.4, -0.2) is 19.4 Å². The lowest BCUT2D eigenvalue weighted by molar-refractivity contribution is -0.0296. The summed E-state index contributed by atoms with van der Waals surface area (Å²) in [5.41, 5.74) is 0.604. The Balaban J connectivity index is 1.77. The van der Waals surface area contributed by atoms with Crippen molar-refractivity contribution in [3.63, 3.8) is 0 Å². The van der Waals surface area contributed by atoms with E-state index in [0.29, 0.717) is 11.5 Å². The van der Waals surface area contributed by atoms with E-state index in [-0.39, 0.29) is 6.67 Å². The molecule has 0 saturated heterocycles. The highest BCUT2D eigenvalue weighted by Crippen LogP contribution is 2.51. The van der Waals surface area contributed by atoms with Gasteiger partial charge in [0, 0.05) is 6.61 Å². The van der Waals surface area contributed by atoms with Gasteiger partial charge in [0.25, 0.3) is 0 Å². The van der Waals surface area contributed by atoms with Crippen LogP contribution in [0.5, 0.6) is 0 Å². The second kappa shape index (κ2) is 9.81. The van der Waals surface area contributed by atoms with Gasteiger partial charge in [0.1, 0.15) is 6.67 Å². The van der Waals surface area contributed by atoms with Crippen molar-refractivity contribution < 1.29 is 9.13 Å². The second-order valence-corrected chi connectivity index (χ2v) is 7.79. The Bertz CT molecular complexity index is 336. The summed E-state index contributed by atoms with van der Waals surface area (Å²) in [6.07, 6.45) is 18.8. The fourth-order valence-corrected chi connectivity index (χ4v) is 5.20. The van der Waals surface area contributed by atoms with Crippen LogP contribution in [0, 0.1) is 17.3 Å². The van der Waals surface area contributed by atoms with E-state index in [1.54, 1.807) is 6.08 Å². The molecule has 0 amide bonds. The number of allylic oxidation sites excluding steroid dienone is 2. The van der Waals surface area contributed by atoms with Crippen LogP contribution in [0.3, 0.4) is 0 Å². The Labute approximate surface area is 143 Å². The van der Waals surface area contributed by atoms with Crippen molar-refractivity contribution in [2.75, 3.05) is 13.3 Å². The number of hydrogen-bond donors (Lipinski definition) is 0. The quantitative estimate of drug-likeness (QED) is 0.465. The maximum atomic E-state index is 12.1. The lowest BCUT2D eigenvalue weighted by Crippen LogP contribution is -2.38. The molecule has 0 unspecified atom stereocenters. The zero-order valence-electron chi connectivity index (χ0n) is 15.4. The molecule has 0 bridgehead atoms. The van der Waals surface area contributed by atoms with Crippen LogP contribution in [0.2, 0.25) is 0 Å². The number of alkyl halides is 1. The number of hydrogen-bond acceptors (Lipinski definition) is 1. The molecule has 2 aliphatic rings. The lowest BCUT2D eigenvalue weighted by atomic mass is 9.59. The molecule has 0 N–H and O–H groups in total. The minimum Gasteiger partial charge on any atom is -0.379 e. The zero-order chi connectivity index (χ0) is 16.5. The molecule has 0 heterocycles. The Hall–Kier alpha value is -0.370. The van der Waals surface area contributed by atoms with E-state index >= 15 is 0 Å². The van der Waals surface area contributed by atoms with Gasteiger partial charge in [-0.3, -0.25) is 0 Å². The van der Waals surface area contributed by atoms with Gasteiger partial charge in [-0.2, -0.15) is 0 Å². The molecule has 2 saturated carbocycles. The molecule has 134 valence electrons. The van der Waals surface area contributed by atoms with Gasteiger partial charge < -0.3 is 4.74 Å². The fourth-order valence-electron chi connectivity index (χ4n) is 5.20. The average molecular weight is 325 g/mol. The molecular weight excluding hydrogens is 287 g/mol. The average Bonchev–Trinajstić information content (AvgIpc) is 2.60. The second-order valence-electron chi connectivity index (χ2n) is 7.79. The van der Waals surface area contributed by atoms with Gasteiger partial charge in [-0.15, -0.1) is 0 Å². The summed E-state index contributed by atoms with van der Waals surface area (Å²) in [6, 6.07) is 0. The van der Waals surface area contributed by atoms with E-state index in [9.17, 15) is 4.39 Å². The first kappa shape index (κ1) is 19.0. The van der Waals surface area contributed by atoms with Crippen molar-refractivity contribution >= 4 is 0 Å². The van der Waals surface area contributed by atoms with E-state index in [1.165, 1.54) is 64.2 Å². The maximum Gasteiger partial charge on any atom is 0.108 e. The molecule has 0 aromatic carbocycles. The Kier molecular flexibility index (Phi) is 8.09. The summed E-state index contributed by atoms with van der Waals surface area (Å²) in [5.74, 6) is 1.82. The lowest BCUT2D eigenvalue weighted by Gasteiger charge is -2.47. The summed E-state index contributed by atoms with van der Waals surface area (Å²) >= 11 is 0. The molecule has 23 heavy (non-hydrogen) atoms. The maximum absolute atomic E-state index is 12.1. The molecular formula is C21H37FO. The first-order chi connectivity index (χ1) is 11.2. The summed E-state index contributed by atoms with van der Waals surface area (Å²) in [6.45, 7) is 5.08. The van der Waals surface area contributed by atoms with Crippen LogP contribution in [0.4, 0.5) is 4.39 Å². The number of rotatable bonds is 8. The number of halogens is 1. The smallest absolute Gasteiger partial charge is 0.108 e. The van der Waals surface area contributed by atoms with Crippen LogP contribution < -0.4 is 0 Å². The molecule has 0 spiro atoms. The van der Waals surface area contributed by atoms with Crippen LogP contribution in [-0.2, 0) is 4.74 Å². The van der Waals surface area contributed by atoms with Crippen molar-refractivity contribution in [2.24, 2.45) is 17.3 Å². The largest absolute Gasteiger partial charge is 0.379 e. The highest BCUT2D eigenvalue weighted by Gasteiger charge is 2.41. The third kappa shape index (κ3) is 5.31. The van der Waals surface area contributed by atoms with E-state index in [0.717, 1.165) is 24.9 Å². The van der Waals surface area contributed by atoms with Gasteiger partial charge in [-0.25, -0.2) is 4.39 Å². The van der Waals surface area contributed by atoms with Gasteiger partial charge in [0.05, 0.1) is 6.10 Å². The third-order valence-corrected chi connectivity index (χ3v) is 6.75. The Morgan fingerprint density at radius 3 is 2.26 bits per heavy atom. The zero-order valence-corrected chi connectivity index (χ0v) is 15.4. The standard InChI is InChI=1S/C21H37FO/c1-3-21(15-13-20(14-16-21)23-4-2)19-11-9-18(10-12-19)8-6-5-7-17-22/h5,7,18-20H,3-4,6,8-17H2,1-2H3/b7-5+. The molecule has 2 aliphatic carbocycles. The Morgan fingerprint density at radius 1 is 1.00 bits per heavy atom. The molecule has 1 nitrogen and oxygen atoms in total. The molecule has 0 aromatic heterocycles. The van der Waals surface area contributed by atoms with Crippen LogP contribution in [0.1, 0.15) is 84.5 Å². The van der Waals surface area contributed by atoms with E-state index < -0.39 is 0 Å². The predicted octanol–water partition coefficient (Wildman–Crippen LogP) is 6.47. The summed E-state index contributed by atoms with van der Waals surface area (Å²) in [7, 11) is 0. The van der Waals surface area contributed by atoms with Crippen LogP contribution in [0.25, 0.3) is 0 Å². The van der Waals surface area contributed by atoms with Crippen LogP contribution in [0.15, 0.2) is 12.2 Å². The minimum atomic E-state index is -0.311. The Morgan fingerprint density at radius 2 is 1.70 bits per heavy atom. The van der Waals surface area contributed by atoms with Gasteiger partial charge in [0.15, 0.2) is 0 Å². The summed E-state index contributed by atoms with van der Waals surface area (Å²) in [5, 5.41) is 0. The van der Waals surface area contributed by atoms with Gasteiger partial charge in [-0.05, 0) is 75.5 Å². The highest BCUT2D eigenvalue weighted by atomic mass is 19.1. The molecule has 2 heteroatoms. The van der Waals surface area contributed by atoms with Crippen molar-refractivity contribution in [3.05, 3.63) is 12.2 Å². The number of ether oxygens (including phenoxy) is 1. The highest BCUT2D eigenvalue weighted by molar-refractivity contribution is 4.93. The topological polar surface area (TPSA) is 9.23 Å². The van der Waals surface area contributed by atoms with Crippen molar-refractivity contribution in [1.82, 2.24) is 0 Å². The van der Waals surface area contributed by atoms with Crippen molar-refractivity contribution in [1.29, 1.82) is 0 Å². The van der Waals surface area contributed by atoms with Crippen molar-refractivity contribution in [2.45, 2.75) is 90.6 Å².